The van der Waals surface area contributed by atoms with Crippen LogP contribution >= 0.6 is 0 Å². The Bertz CT molecular complexity index is 2290. The van der Waals surface area contributed by atoms with Crippen molar-refractivity contribution >= 4 is 43.4 Å². The first-order valence-corrected chi connectivity index (χ1v) is 13.7. The Hall–Kier alpha value is -5.34. The zero-order chi connectivity index (χ0) is 26.2. The summed E-state index contributed by atoms with van der Waals surface area (Å²) >= 11 is 0. The summed E-state index contributed by atoms with van der Waals surface area (Å²) in [5, 5.41) is 7.42. The van der Waals surface area contributed by atoms with Gasteiger partial charge in [-0.3, -0.25) is 0 Å². The molecule has 1 aromatic heterocycles. The van der Waals surface area contributed by atoms with E-state index >= 15 is 0 Å². The van der Waals surface area contributed by atoms with Crippen molar-refractivity contribution in [2.24, 2.45) is 0 Å². The number of hydrogen-bond acceptors (Lipinski definition) is 1. The van der Waals surface area contributed by atoms with E-state index in [-0.39, 0.29) is 0 Å². The lowest BCUT2D eigenvalue weighted by Crippen LogP contribution is -1.97. The van der Waals surface area contributed by atoms with Gasteiger partial charge in [-0.25, -0.2) is 0 Å². The molecule has 0 radical (unpaired) electrons. The number of rotatable bonds is 2. The average Bonchev–Trinajstić information content (AvgIpc) is 3.36. The molecule has 2 heterocycles. The van der Waals surface area contributed by atoms with Gasteiger partial charge in [0, 0.05) is 32.8 Å². The molecule has 0 bridgehead atoms. The van der Waals surface area contributed by atoms with Gasteiger partial charge < -0.3 is 9.30 Å². The molecule has 0 saturated heterocycles. The normalized spacial score (nSPS) is 12.2. The van der Waals surface area contributed by atoms with Crippen LogP contribution in [0, 0.1) is 0 Å². The van der Waals surface area contributed by atoms with Gasteiger partial charge in [-0.1, -0.05) is 109 Å². The summed E-state index contributed by atoms with van der Waals surface area (Å²) in [5.74, 6) is 1.83. The Morgan fingerprint density at radius 2 is 1.23 bits per heavy atom. The molecular formula is C38H23NO. The van der Waals surface area contributed by atoms with E-state index in [2.05, 4.69) is 132 Å². The maximum Gasteiger partial charge on any atom is 0.135 e. The molecule has 0 spiro atoms. The molecule has 9 rings (SSSR count). The van der Waals surface area contributed by atoms with Gasteiger partial charge in [-0.2, -0.15) is 0 Å². The smallest absolute Gasteiger partial charge is 0.135 e. The fourth-order valence-electron chi connectivity index (χ4n) is 6.62. The summed E-state index contributed by atoms with van der Waals surface area (Å²) in [6, 6.07) is 50.1. The minimum atomic E-state index is 0.913. The van der Waals surface area contributed by atoms with Crippen molar-refractivity contribution in [2.75, 3.05) is 0 Å². The Morgan fingerprint density at radius 3 is 2.17 bits per heavy atom. The summed E-state index contributed by atoms with van der Waals surface area (Å²) in [7, 11) is 0. The predicted molar refractivity (Wildman–Crippen MR) is 167 cm³/mol. The van der Waals surface area contributed by atoms with E-state index in [1.165, 1.54) is 60.0 Å². The summed E-state index contributed by atoms with van der Waals surface area (Å²) in [6.07, 6.45) is 0. The third-order valence-electron chi connectivity index (χ3n) is 8.38. The Balaban J connectivity index is 1.36. The molecule has 0 aliphatic carbocycles. The molecule has 0 unspecified atom stereocenters. The summed E-state index contributed by atoms with van der Waals surface area (Å²) in [4.78, 5) is 0. The van der Waals surface area contributed by atoms with Crippen LogP contribution < -0.4 is 4.74 Å². The quantitative estimate of drug-likeness (QED) is 0.226. The largest absolute Gasteiger partial charge is 0.456 e. The highest BCUT2D eigenvalue weighted by molar-refractivity contribution is 6.19. The highest BCUT2D eigenvalue weighted by Crippen LogP contribution is 2.49. The zero-order valence-corrected chi connectivity index (χ0v) is 21.6. The Labute approximate surface area is 231 Å². The van der Waals surface area contributed by atoms with Gasteiger partial charge in [0.25, 0.3) is 0 Å². The van der Waals surface area contributed by atoms with Crippen LogP contribution in [-0.4, -0.2) is 4.57 Å². The van der Waals surface area contributed by atoms with Crippen LogP contribution in [0.15, 0.2) is 140 Å². The predicted octanol–water partition coefficient (Wildman–Crippen LogP) is 10.5. The fraction of sp³-hybridized carbons (Fsp3) is 0. The molecule has 2 nitrogen and oxygen atoms in total. The van der Waals surface area contributed by atoms with E-state index in [9.17, 15) is 0 Å². The minimum absolute atomic E-state index is 0.913. The topological polar surface area (TPSA) is 14.2 Å². The molecule has 8 aromatic rings. The van der Waals surface area contributed by atoms with Gasteiger partial charge >= 0.3 is 0 Å². The lowest BCUT2D eigenvalue weighted by atomic mass is 9.90. The van der Waals surface area contributed by atoms with E-state index in [4.69, 9.17) is 4.74 Å². The van der Waals surface area contributed by atoms with E-state index < -0.39 is 0 Å². The zero-order valence-electron chi connectivity index (χ0n) is 21.6. The van der Waals surface area contributed by atoms with Crippen molar-refractivity contribution in [1.82, 2.24) is 4.57 Å². The number of benzene rings is 7. The van der Waals surface area contributed by atoms with Crippen LogP contribution in [-0.2, 0) is 0 Å². The average molecular weight is 510 g/mol. The standard InChI is InChI=1S/C38H23NO/c1-2-10-26(11-3-1)39-34-23-25(18-19-29(34)33-20-17-24-9-4-5-12-28(24)38(33)39)27-21-22-36-37-31(27)14-8-15-32(37)30-13-6-7-16-35(30)40-36/h1-23H. The van der Waals surface area contributed by atoms with Gasteiger partial charge in [-0.05, 0) is 57.8 Å². The molecule has 0 N–H and O–H groups in total. The molecular weight excluding hydrogens is 486 g/mol. The van der Waals surface area contributed by atoms with Crippen molar-refractivity contribution in [1.29, 1.82) is 0 Å². The van der Waals surface area contributed by atoms with Crippen LogP contribution in [0.5, 0.6) is 11.5 Å². The van der Waals surface area contributed by atoms with Crippen molar-refractivity contribution in [3.05, 3.63) is 140 Å². The number of hydrogen-bond donors (Lipinski definition) is 0. The van der Waals surface area contributed by atoms with Crippen LogP contribution in [0.1, 0.15) is 0 Å². The molecule has 0 fully saturated rings. The third kappa shape index (κ3) is 2.93. The summed E-state index contributed by atoms with van der Waals surface area (Å²) < 4.78 is 8.80. The van der Waals surface area contributed by atoms with Crippen molar-refractivity contribution in [3.8, 4) is 39.4 Å². The molecule has 0 amide bonds. The molecule has 1 aliphatic rings. The Kier molecular flexibility index (Phi) is 4.36. The molecule has 1 aliphatic heterocycles. The summed E-state index contributed by atoms with van der Waals surface area (Å²) in [5.41, 5.74) is 8.39. The lowest BCUT2D eigenvalue weighted by molar-refractivity contribution is 0.487. The van der Waals surface area contributed by atoms with E-state index in [0.717, 1.165) is 22.7 Å². The van der Waals surface area contributed by atoms with Gasteiger partial charge in [0.2, 0.25) is 0 Å². The van der Waals surface area contributed by atoms with Crippen molar-refractivity contribution < 1.29 is 4.74 Å². The van der Waals surface area contributed by atoms with E-state index in [1.807, 2.05) is 12.1 Å². The highest BCUT2D eigenvalue weighted by atomic mass is 16.5. The number of para-hydroxylation sites is 2. The van der Waals surface area contributed by atoms with Crippen LogP contribution in [0.4, 0.5) is 0 Å². The van der Waals surface area contributed by atoms with Gasteiger partial charge in [0.05, 0.1) is 11.0 Å². The lowest BCUT2D eigenvalue weighted by Gasteiger charge is -2.22. The van der Waals surface area contributed by atoms with Gasteiger partial charge in [0.1, 0.15) is 11.5 Å². The first kappa shape index (κ1) is 21.6. The molecule has 2 heteroatoms. The second-order valence-electron chi connectivity index (χ2n) is 10.5. The molecule has 40 heavy (non-hydrogen) atoms. The first-order valence-electron chi connectivity index (χ1n) is 13.7. The maximum absolute atomic E-state index is 6.36. The minimum Gasteiger partial charge on any atom is -0.456 e. The first-order chi connectivity index (χ1) is 19.8. The molecule has 0 atom stereocenters. The van der Waals surface area contributed by atoms with Crippen LogP contribution in [0.3, 0.4) is 0 Å². The molecule has 7 aromatic carbocycles. The van der Waals surface area contributed by atoms with E-state index in [1.54, 1.807) is 0 Å². The van der Waals surface area contributed by atoms with Crippen molar-refractivity contribution in [2.45, 2.75) is 0 Å². The number of ether oxygens (including phenoxy) is 1. The van der Waals surface area contributed by atoms with Gasteiger partial charge in [0.15, 0.2) is 0 Å². The second kappa shape index (κ2) is 8.08. The highest BCUT2D eigenvalue weighted by Gasteiger charge is 2.22. The Morgan fingerprint density at radius 1 is 0.450 bits per heavy atom. The number of aromatic nitrogens is 1. The van der Waals surface area contributed by atoms with Crippen LogP contribution in [0.25, 0.3) is 71.3 Å². The van der Waals surface area contributed by atoms with E-state index in [0.29, 0.717) is 0 Å². The van der Waals surface area contributed by atoms with Crippen molar-refractivity contribution in [3.63, 3.8) is 0 Å². The number of fused-ring (bicyclic) bond motifs is 7. The monoisotopic (exact) mass is 509 g/mol. The second-order valence-corrected chi connectivity index (χ2v) is 10.5. The molecule has 0 saturated carbocycles. The van der Waals surface area contributed by atoms with Crippen LogP contribution in [0.2, 0.25) is 0 Å². The fourth-order valence-corrected chi connectivity index (χ4v) is 6.62. The SMILES string of the molecule is c1ccc(-n2c3cc(-c4ccc5c6c(cccc46)-c4ccccc4O5)ccc3c3ccc4ccccc4c32)cc1. The summed E-state index contributed by atoms with van der Waals surface area (Å²) in [6.45, 7) is 0. The maximum atomic E-state index is 6.36. The number of nitrogens with zero attached hydrogens (tertiary/aromatic N) is 1. The molecule has 186 valence electrons. The van der Waals surface area contributed by atoms with Gasteiger partial charge in [-0.15, -0.1) is 0 Å². The third-order valence-corrected chi connectivity index (χ3v) is 8.38.